The number of aromatic hydroxyl groups is 1. The molecule has 4 unspecified atom stereocenters. The maximum atomic E-state index is 13.4. The third-order valence-corrected chi connectivity index (χ3v) is 7.17. The van der Waals surface area contributed by atoms with Gasteiger partial charge >= 0.3 is 5.97 Å². The van der Waals surface area contributed by atoms with E-state index >= 15 is 0 Å². The van der Waals surface area contributed by atoms with Crippen LogP contribution in [0.2, 0.25) is 0 Å². The lowest BCUT2D eigenvalue weighted by Gasteiger charge is -2.24. The first-order valence-electron chi connectivity index (χ1n) is 14.0. The van der Waals surface area contributed by atoms with Crippen molar-refractivity contribution in [3.05, 3.63) is 102 Å². The van der Waals surface area contributed by atoms with E-state index in [1.54, 1.807) is 48.7 Å². The molecule has 12 heteroatoms. The number of phenols is 1. The SMILES string of the molecule is NC(Cc1c[nH]c2ccccc12)C(=O)NC(Cc1ccc(O)cc1)C(=O)NC(CO)C(=O)NC(Cc1ccccc1)C(=O)O. The van der Waals surface area contributed by atoms with Crippen LogP contribution in [0.1, 0.15) is 16.7 Å². The van der Waals surface area contributed by atoms with E-state index in [0.29, 0.717) is 11.1 Å². The number of aromatic nitrogens is 1. The van der Waals surface area contributed by atoms with Crippen molar-refractivity contribution in [3.63, 3.8) is 0 Å². The lowest BCUT2D eigenvalue weighted by atomic mass is 10.0. The van der Waals surface area contributed by atoms with Crippen molar-refractivity contribution < 1.29 is 34.5 Å². The predicted octanol–water partition coefficient (Wildman–Crippen LogP) is 0.760. The van der Waals surface area contributed by atoms with Gasteiger partial charge in [-0.25, -0.2) is 4.79 Å². The molecular formula is C32H35N5O7. The molecule has 0 fully saturated rings. The number of fused-ring (bicyclic) bond motifs is 1. The van der Waals surface area contributed by atoms with Gasteiger partial charge in [0.25, 0.3) is 0 Å². The summed E-state index contributed by atoms with van der Waals surface area (Å²) in [7, 11) is 0. The Morgan fingerprint density at radius 2 is 1.27 bits per heavy atom. The normalized spacial score (nSPS) is 13.8. The minimum atomic E-state index is -1.50. The molecule has 0 saturated heterocycles. The van der Waals surface area contributed by atoms with Crippen LogP contribution in [0.15, 0.2) is 85.1 Å². The highest BCUT2D eigenvalue weighted by Crippen LogP contribution is 2.19. The molecule has 0 bridgehead atoms. The predicted molar refractivity (Wildman–Crippen MR) is 162 cm³/mol. The van der Waals surface area contributed by atoms with Gasteiger partial charge < -0.3 is 42.0 Å². The van der Waals surface area contributed by atoms with Crippen LogP contribution < -0.4 is 21.7 Å². The molecule has 4 aromatic rings. The van der Waals surface area contributed by atoms with Crippen molar-refractivity contribution in [3.8, 4) is 5.75 Å². The lowest BCUT2D eigenvalue weighted by molar-refractivity contribution is -0.142. The molecule has 0 saturated carbocycles. The number of carbonyl (C=O) groups excluding carboxylic acids is 3. The number of hydrogen-bond donors (Lipinski definition) is 8. The van der Waals surface area contributed by atoms with E-state index in [9.17, 15) is 34.5 Å². The first-order chi connectivity index (χ1) is 21.1. The number of carboxylic acids is 1. The second-order valence-electron chi connectivity index (χ2n) is 10.4. The molecule has 1 aromatic heterocycles. The van der Waals surface area contributed by atoms with Gasteiger partial charge in [-0.2, -0.15) is 0 Å². The first-order valence-corrected chi connectivity index (χ1v) is 14.0. The third-order valence-electron chi connectivity index (χ3n) is 7.17. The number of aliphatic carboxylic acids is 1. The van der Waals surface area contributed by atoms with Gasteiger partial charge in [-0.05, 0) is 41.3 Å². The van der Waals surface area contributed by atoms with Crippen molar-refractivity contribution in [1.29, 1.82) is 0 Å². The van der Waals surface area contributed by atoms with Crippen LogP contribution in [-0.4, -0.2) is 74.8 Å². The number of H-pyrrole nitrogens is 1. The second kappa shape index (κ2) is 14.8. The quantitative estimate of drug-likeness (QED) is 0.103. The van der Waals surface area contributed by atoms with Gasteiger partial charge in [0.05, 0.1) is 12.6 Å². The maximum absolute atomic E-state index is 13.4. The van der Waals surface area contributed by atoms with Crippen molar-refractivity contribution in [2.75, 3.05) is 6.61 Å². The number of aliphatic hydroxyl groups is 1. The third kappa shape index (κ3) is 8.43. The molecule has 4 atom stereocenters. The van der Waals surface area contributed by atoms with E-state index in [0.717, 1.165) is 16.5 Å². The maximum Gasteiger partial charge on any atom is 0.326 e. The topological polar surface area (TPSA) is 207 Å². The van der Waals surface area contributed by atoms with Crippen LogP contribution in [0.3, 0.4) is 0 Å². The van der Waals surface area contributed by atoms with Gasteiger partial charge in [-0.3, -0.25) is 14.4 Å². The van der Waals surface area contributed by atoms with Gasteiger partial charge in [0.2, 0.25) is 17.7 Å². The largest absolute Gasteiger partial charge is 0.508 e. The van der Waals surface area contributed by atoms with E-state index < -0.39 is 54.5 Å². The molecular weight excluding hydrogens is 566 g/mol. The van der Waals surface area contributed by atoms with E-state index in [4.69, 9.17) is 5.73 Å². The summed E-state index contributed by atoms with van der Waals surface area (Å²) in [5.41, 5.74) is 9.21. The number of carbonyl (C=O) groups is 4. The summed E-state index contributed by atoms with van der Waals surface area (Å²) in [4.78, 5) is 54.5. The molecule has 0 aliphatic heterocycles. The smallest absolute Gasteiger partial charge is 0.326 e. The van der Waals surface area contributed by atoms with E-state index in [-0.39, 0.29) is 25.0 Å². The van der Waals surface area contributed by atoms with Gasteiger partial charge in [-0.1, -0.05) is 60.7 Å². The molecule has 12 nitrogen and oxygen atoms in total. The fraction of sp³-hybridized carbons (Fsp3) is 0.250. The number of rotatable bonds is 14. The van der Waals surface area contributed by atoms with Crippen molar-refractivity contribution in [2.45, 2.75) is 43.4 Å². The Labute approximate surface area is 253 Å². The number of aliphatic hydroxyl groups excluding tert-OH is 1. The zero-order valence-electron chi connectivity index (χ0n) is 23.8. The van der Waals surface area contributed by atoms with Crippen molar-refractivity contribution in [2.24, 2.45) is 5.73 Å². The number of amides is 3. The number of nitrogens with two attached hydrogens (primary N) is 1. The van der Waals surface area contributed by atoms with Crippen LogP contribution in [-0.2, 0) is 38.4 Å². The summed E-state index contributed by atoms with van der Waals surface area (Å²) in [5.74, 6) is -3.59. The molecule has 44 heavy (non-hydrogen) atoms. The number of nitrogens with one attached hydrogen (secondary N) is 4. The number of para-hydroxylation sites is 1. The molecule has 3 amide bonds. The Bertz CT molecular complexity index is 1590. The monoisotopic (exact) mass is 601 g/mol. The average molecular weight is 602 g/mol. The molecule has 4 rings (SSSR count). The number of phenolic OH excluding ortho intramolecular Hbond substituents is 1. The highest BCUT2D eigenvalue weighted by Gasteiger charge is 2.30. The minimum Gasteiger partial charge on any atom is -0.508 e. The Kier molecular flexibility index (Phi) is 10.7. The Balaban J connectivity index is 1.46. The van der Waals surface area contributed by atoms with Gasteiger partial charge in [-0.15, -0.1) is 0 Å². The highest BCUT2D eigenvalue weighted by atomic mass is 16.4. The van der Waals surface area contributed by atoms with Crippen molar-refractivity contribution >= 4 is 34.6 Å². The van der Waals surface area contributed by atoms with Crippen LogP contribution >= 0.6 is 0 Å². The minimum absolute atomic E-state index is 0.0120. The molecule has 0 aliphatic rings. The Morgan fingerprint density at radius 3 is 1.95 bits per heavy atom. The second-order valence-corrected chi connectivity index (χ2v) is 10.4. The number of aromatic amines is 1. The molecule has 9 N–H and O–H groups in total. The van der Waals surface area contributed by atoms with Crippen LogP contribution in [0.4, 0.5) is 0 Å². The highest BCUT2D eigenvalue weighted by molar-refractivity contribution is 5.94. The summed E-state index contributed by atoms with van der Waals surface area (Å²) in [6.07, 6.45) is 1.92. The fourth-order valence-electron chi connectivity index (χ4n) is 4.77. The zero-order chi connectivity index (χ0) is 31.6. The molecule has 3 aromatic carbocycles. The first kappa shape index (κ1) is 31.7. The summed E-state index contributed by atoms with van der Waals surface area (Å²) in [6, 6.07) is 17.2. The molecule has 0 aliphatic carbocycles. The van der Waals surface area contributed by atoms with Crippen LogP contribution in [0.25, 0.3) is 10.9 Å². The molecule has 0 spiro atoms. The molecule has 0 radical (unpaired) electrons. The number of carboxylic acid groups (broad SMARTS) is 1. The fourth-order valence-corrected chi connectivity index (χ4v) is 4.77. The summed E-state index contributed by atoms with van der Waals surface area (Å²) in [5, 5.41) is 37.6. The Hall–Kier alpha value is -5.20. The number of benzene rings is 3. The molecule has 1 heterocycles. The molecule has 230 valence electrons. The van der Waals surface area contributed by atoms with Crippen LogP contribution in [0.5, 0.6) is 5.75 Å². The van der Waals surface area contributed by atoms with Crippen molar-refractivity contribution in [1.82, 2.24) is 20.9 Å². The average Bonchev–Trinajstić information content (AvgIpc) is 3.43. The van der Waals surface area contributed by atoms with Gasteiger partial charge in [0.15, 0.2) is 0 Å². The lowest BCUT2D eigenvalue weighted by Crippen LogP contribution is -2.58. The summed E-state index contributed by atoms with van der Waals surface area (Å²) < 4.78 is 0. The summed E-state index contributed by atoms with van der Waals surface area (Å²) in [6.45, 7) is -0.824. The van der Waals surface area contributed by atoms with E-state index in [2.05, 4.69) is 20.9 Å². The van der Waals surface area contributed by atoms with E-state index in [1.807, 2.05) is 24.3 Å². The zero-order valence-corrected chi connectivity index (χ0v) is 23.8. The van der Waals surface area contributed by atoms with Crippen LogP contribution in [0, 0.1) is 0 Å². The van der Waals surface area contributed by atoms with Gasteiger partial charge in [0, 0.05) is 29.9 Å². The van der Waals surface area contributed by atoms with E-state index in [1.165, 1.54) is 12.1 Å². The standard InChI is InChI=1S/C32H35N5O7/c33-24(16-21-17-34-25-9-5-4-8-23(21)25)29(40)35-26(14-20-10-12-22(39)13-11-20)30(41)37-28(18-38)31(42)36-27(32(43)44)15-19-6-2-1-3-7-19/h1-13,17,24,26-28,34,38-39H,14-16,18,33H2,(H,35,40)(H,36,42)(H,37,41)(H,43,44). The Morgan fingerprint density at radius 1 is 0.705 bits per heavy atom. The summed E-state index contributed by atoms with van der Waals surface area (Å²) >= 11 is 0. The number of hydrogen-bond acceptors (Lipinski definition) is 7. The van der Waals surface area contributed by atoms with Gasteiger partial charge in [0.1, 0.15) is 23.9 Å².